The van der Waals surface area contributed by atoms with Crippen LogP contribution in [-0.4, -0.2) is 34.4 Å². The minimum absolute atomic E-state index is 0. The molecule has 0 saturated carbocycles. The number of anilines is 1. The number of aryl methyl sites for hydroxylation is 2. The maximum atomic E-state index is 5.99. The number of benzene rings is 1. The van der Waals surface area contributed by atoms with Gasteiger partial charge in [-0.2, -0.15) is 0 Å². The van der Waals surface area contributed by atoms with E-state index in [-0.39, 0.29) is 24.0 Å². The average Bonchev–Trinajstić information content (AvgIpc) is 2.94. The van der Waals surface area contributed by atoms with Crippen LogP contribution in [0.25, 0.3) is 0 Å². The summed E-state index contributed by atoms with van der Waals surface area (Å²) in [5.41, 5.74) is 6.85. The Morgan fingerprint density at radius 3 is 3.08 bits per heavy atom. The zero-order valence-corrected chi connectivity index (χ0v) is 16.2. The maximum absolute atomic E-state index is 5.99. The van der Waals surface area contributed by atoms with E-state index in [1.165, 1.54) is 0 Å². The molecule has 2 heterocycles. The monoisotopic (exact) mass is 442 g/mol. The number of rotatable bonds is 4. The smallest absolute Gasteiger partial charge is 0.193 e. The molecule has 3 rings (SSSR count). The number of hydrogen-bond donors (Lipinski definition) is 2. The number of nitrogens with zero attached hydrogens (tertiary/aromatic N) is 4. The summed E-state index contributed by atoms with van der Waals surface area (Å²) in [7, 11) is 1.64. The van der Waals surface area contributed by atoms with Crippen LogP contribution in [0.5, 0.6) is 5.75 Å². The first-order chi connectivity index (χ1) is 11.2. The molecular weight excluding hydrogens is 419 g/mol. The van der Waals surface area contributed by atoms with Gasteiger partial charge in [-0.05, 0) is 31.4 Å². The number of ether oxygens (including phenoxy) is 1. The van der Waals surface area contributed by atoms with Crippen molar-refractivity contribution >= 4 is 35.6 Å². The summed E-state index contributed by atoms with van der Waals surface area (Å²) in [6.45, 7) is 3.59. The fraction of sp³-hybridized carbons (Fsp3) is 0.438. The first-order valence-corrected chi connectivity index (χ1v) is 7.75. The summed E-state index contributed by atoms with van der Waals surface area (Å²) >= 11 is 0. The topological polar surface area (TPSA) is 90.3 Å². The molecule has 1 aromatic carbocycles. The molecule has 0 aliphatic carbocycles. The van der Waals surface area contributed by atoms with E-state index in [4.69, 9.17) is 10.5 Å². The Bertz CT molecular complexity index is 714. The molecule has 1 aromatic heterocycles. The number of nitrogens with two attached hydrogens (primary N) is 1. The number of halogens is 1. The van der Waals surface area contributed by atoms with Gasteiger partial charge in [0.05, 0.1) is 7.11 Å². The van der Waals surface area contributed by atoms with Gasteiger partial charge in [0.15, 0.2) is 5.96 Å². The van der Waals surface area contributed by atoms with Crippen LogP contribution < -0.4 is 15.8 Å². The first kappa shape index (κ1) is 18.5. The molecule has 1 unspecified atom stereocenters. The standard InChI is InChI=1S/C16H22N6O.HI/c1-11-20-21-15-7-6-12(10-22(11)15)9-18-16(17)19-13-4-3-5-14(8-13)23-2;/h3-5,8,12H,6-7,9-10H2,1-2H3,(H3,17,18,19);1H. The van der Waals surface area contributed by atoms with Gasteiger partial charge in [0.2, 0.25) is 0 Å². The molecule has 8 heteroatoms. The SMILES string of the molecule is COc1cccc(NC(N)=NCC2CCc3nnc(C)n3C2)c1.I. The summed E-state index contributed by atoms with van der Waals surface area (Å²) in [4.78, 5) is 4.47. The maximum Gasteiger partial charge on any atom is 0.193 e. The summed E-state index contributed by atoms with van der Waals surface area (Å²) in [5, 5.41) is 11.4. The van der Waals surface area contributed by atoms with Gasteiger partial charge in [-0.1, -0.05) is 6.07 Å². The van der Waals surface area contributed by atoms with Crippen molar-refractivity contribution in [1.82, 2.24) is 14.8 Å². The van der Waals surface area contributed by atoms with Crippen molar-refractivity contribution in [3.63, 3.8) is 0 Å². The lowest BCUT2D eigenvalue weighted by Gasteiger charge is -2.22. The number of aromatic nitrogens is 3. The summed E-state index contributed by atoms with van der Waals surface area (Å²) in [6, 6.07) is 7.61. The molecule has 130 valence electrons. The number of hydrogen-bond acceptors (Lipinski definition) is 4. The molecule has 0 saturated heterocycles. The molecule has 1 aliphatic heterocycles. The average molecular weight is 442 g/mol. The van der Waals surface area contributed by atoms with Gasteiger partial charge in [-0.3, -0.25) is 4.99 Å². The molecule has 7 nitrogen and oxygen atoms in total. The van der Waals surface area contributed by atoms with Crippen LogP contribution in [0.15, 0.2) is 29.3 Å². The molecule has 1 aliphatic rings. The Labute approximate surface area is 158 Å². The zero-order chi connectivity index (χ0) is 16.2. The number of aliphatic imine (C=N–C) groups is 1. The lowest BCUT2D eigenvalue weighted by molar-refractivity contribution is 0.370. The van der Waals surface area contributed by atoms with E-state index < -0.39 is 0 Å². The molecule has 3 N–H and O–H groups in total. The highest BCUT2D eigenvalue weighted by molar-refractivity contribution is 14.0. The second kappa shape index (κ2) is 8.32. The molecule has 1 atom stereocenters. The lowest BCUT2D eigenvalue weighted by atomic mass is 9.99. The molecule has 24 heavy (non-hydrogen) atoms. The summed E-state index contributed by atoms with van der Waals surface area (Å²) in [6.07, 6.45) is 2.01. The highest BCUT2D eigenvalue weighted by Gasteiger charge is 2.21. The van der Waals surface area contributed by atoms with Gasteiger partial charge in [0.25, 0.3) is 0 Å². The van der Waals surface area contributed by atoms with E-state index in [1.807, 2.05) is 31.2 Å². The highest BCUT2D eigenvalue weighted by atomic mass is 127. The fourth-order valence-electron chi connectivity index (χ4n) is 2.79. The fourth-order valence-corrected chi connectivity index (χ4v) is 2.79. The van der Waals surface area contributed by atoms with Crippen LogP contribution in [0.3, 0.4) is 0 Å². The van der Waals surface area contributed by atoms with Gasteiger partial charge in [0, 0.05) is 31.3 Å². The van der Waals surface area contributed by atoms with Crippen molar-refractivity contribution in [1.29, 1.82) is 0 Å². The van der Waals surface area contributed by atoms with Gasteiger partial charge in [0.1, 0.15) is 17.4 Å². The number of fused-ring (bicyclic) bond motifs is 1. The third-order valence-corrected chi connectivity index (χ3v) is 4.09. The first-order valence-electron chi connectivity index (χ1n) is 7.75. The van der Waals surface area contributed by atoms with Gasteiger partial charge in [-0.25, -0.2) is 0 Å². The van der Waals surface area contributed by atoms with Crippen LogP contribution in [0.2, 0.25) is 0 Å². The Morgan fingerprint density at radius 2 is 2.29 bits per heavy atom. The van der Waals surface area contributed by atoms with Crippen molar-refractivity contribution in [3.8, 4) is 5.75 Å². The predicted molar refractivity (Wildman–Crippen MR) is 105 cm³/mol. The minimum Gasteiger partial charge on any atom is -0.497 e. The van der Waals surface area contributed by atoms with E-state index in [1.54, 1.807) is 7.11 Å². The van der Waals surface area contributed by atoms with Crippen molar-refractivity contribution in [2.45, 2.75) is 26.3 Å². The van der Waals surface area contributed by atoms with Gasteiger partial charge >= 0.3 is 0 Å². The second-order valence-corrected chi connectivity index (χ2v) is 5.76. The molecule has 0 spiro atoms. The Morgan fingerprint density at radius 1 is 1.46 bits per heavy atom. The van der Waals surface area contributed by atoms with Crippen molar-refractivity contribution < 1.29 is 4.74 Å². The van der Waals surface area contributed by atoms with Crippen LogP contribution in [0.4, 0.5) is 5.69 Å². The van der Waals surface area contributed by atoms with Gasteiger partial charge in [-0.15, -0.1) is 34.2 Å². The summed E-state index contributed by atoms with van der Waals surface area (Å²) in [5.74, 6) is 3.71. The van der Waals surface area contributed by atoms with Crippen LogP contribution in [0, 0.1) is 12.8 Å². The van der Waals surface area contributed by atoms with E-state index in [9.17, 15) is 0 Å². The van der Waals surface area contributed by atoms with Crippen LogP contribution >= 0.6 is 24.0 Å². The Balaban J connectivity index is 0.00000208. The largest absolute Gasteiger partial charge is 0.497 e. The third-order valence-electron chi connectivity index (χ3n) is 4.09. The predicted octanol–water partition coefficient (Wildman–Crippen LogP) is 2.20. The second-order valence-electron chi connectivity index (χ2n) is 5.76. The molecule has 0 radical (unpaired) electrons. The summed E-state index contributed by atoms with van der Waals surface area (Å²) < 4.78 is 7.37. The van der Waals surface area contributed by atoms with E-state index in [0.717, 1.165) is 42.5 Å². The molecule has 2 aromatic rings. The minimum atomic E-state index is 0. The van der Waals surface area contributed by atoms with E-state index in [0.29, 0.717) is 18.4 Å². The normalized spacial score (nSPS) is 16.9. The molecular formula is C16H23IN6O. The zero-order valence-electron chi connectivity index (χ0n) is 13.9. The highest BCUT2D eigenvalue weighted by Crippen LogP contribution is 2.20. The molecule has 0 fully saturated rings. The molecule has 0 bridgehead atoms. The lowest BCUT2D eigenvalue weighted by Crippen LogP contribution is -2.27. The van der Waals surface area contributed by atoms with E-state index >= 15 is 0 Å². The van der Waals surface area contributed by atoms with Crippen molar-refractivity contribution in [3.05, 3.63) is 35.9 Å². The Kier molecular flexibility index (Phi) is 6.41. The number of nitrogens with one attached hydrogen (secondary N) is 1. The van der Waals surface area contributed by atoms with Crippen molar-refractivity contribution in [2.24, 2.45) is 16.6 Å². The quantitative estimate of drug-likeness (QED) is 0.431. The van der Waals surface area contributed by atoms with E-state index in [2.05, 4.69) is 25.1 Å². The number of guanidine groups is 1. The van der Waals surface area contributed by atoms with Crippen LogP contribution in [-0.2, 0) is 13.0 Å². The van der Waals surface area contributed by atoms with Crippen molar-refractivity contribution in [2.75, 3.05) is 19.0 Å². The number of methoxy groups -OCH3 is 1. The Hall–Kier alpha value is -1.84. The third kappa shape index (κ3) is 4.37. The molecule has 0 amide bonds. The van der Waals surface area contributed by atoms with Crippen LogP contribution in [0.1, 0.15) is 18.1 Å². The van der Waals surface area contributed by atoms with Gasteiger partial charge < -0.3 is 20.4 Å².